The Morgan fingerprint density at radius 1 is 1.70 bits per heavy atom. The van der Waals surface area contributed by atoms with Crippen molar-refractivity contribution in [3.63, 3.8) is 0 Å². The van der Waals surface area contributed by atoms with Crippen LogP contribution in [0, 0.1) is 0 Å². The van der Waals surface area contributed by atoms with Crippen molar-refractivity contribution < 1.29 is 9.22 Å². The number of hydrogen-bond donors (Lipinski definition) is 0. The van der Waals surface area contributed by atoms with Crippen LogP contribution in [0.5, 0.6) is 0 Å². The van der Waals surface area contributed by atoms with E-state index in [1.165, 1.54) is 0 Å². The van der Waals surface area contributed by atoms with Crippen molar-refractivity contribution in [2.45, 2.75) is 26.2 Å². The fourth-order valence-corrected chi connectivity index (χ4v) is 0.925. The highest BCUT2D eigenvalue weighted by Crippen LogP contribution is 2.05. The lowest BCUT2D eigenvalue weighted by atomic mass is 10.1. The first-order chi connectivity index (χ1) is 4.72. The quantitative estimate of drug-likeness (QED) is 0.441. The maximum absolute atomic E-state index is 10.7. The summed E-state index contributed by atoms with van der Waals surface area (Å²) in [7, 11) is 0.469. The van der Waals surface area contributed by atoms with Gasteiger partial charge in [0, 0.05) is 5.57 Å². The van der Waals surface area contributed by atoms with Crippen LogP contribution in [-0.2, 0) is 9.22 Å². The van der Waals surface area contributed by atoms with Gasteiger partial charge in [0.05, 0.1) is 0 Å². The third-order valence-corrected chi connectivity index (χ3v) is 1.68. The van der Waals surface area contributed by atoms with Gasteiger partial charge in [-0.15, -0.1) is 0 Å². The summed E-state index contributed by atoms with van der Waals surface area (Å²) in [6, 6.07) is 0. The van der Waals surface area contributed by atoms with Crippen LogP contribution in [0.15, 0.2) is 12.2 Å². The summed E-state index contributed by atoms with van der Waals surface area (Å²) in [5, 5.41) is 0. The Balaban J connectivity index is 3.52. The van der Waals surface area contributed by atoms with E-state index in [4.69, 9.17) is 0 Å². The number of rotatable bonds is 4. The van der Waals surface area contributed by atoms with Crippen LogP contribution < -0.4 is 0 Å². The molecule has 0 atom stereocenters. The van der Waals surface area contributed by atoms with Crippen molar-refractivity contribution in [2.75, 3.05) is 0 Å². The third kappa shape index (κ3) is 3.45. The Kier molecular flexibility index (Phi) is 4.93. The van der Waals surface area contributed by atoms with Gasteiger partial charge in [-0.3, -0.25) is 0 Å². The lowest BCUT2D eigenvalue weighted by Crippen LogP contribution is -2.03. The monoisotopic (exact) mass is 158 g/mol. The molecule has 10 heavy (non-hydrogen) atoms. The number of carbonyl (C=O) groups is 1. The number of carbonyl (C=O) groups excluding carboxylic acids is 1. The average molecular weight is 158 g/mol. The summed E-state index contributed by atoms with van der Waals surface area (Å²) < 4.78 is 4.61. The summed E-state index contributed by atoms with van der Waals surface area (Å²) in [6.45, 7) is 5.69. The highest BCUT2D eigenvalue weighted by molar-refractivity contribution is 6.08. The number of unbranched alkanes of at least 4 members (excludes halogenated alkanes) is 1. The highest BCUT2D eigenvalue weighted by atomic mass is 28.2. The van der Waals surface area contributed by atoms with E-state index in [1.807, 2.05) is 0 Å². The second-order valence-corrected chi connectivity index (χ2v) is 2.61. The van der Waals surface area contributed by atoms with Crippen LogP contribution >= 0.6 is 0 Å². The summed E-state index contributed by atoms with van der Waals surface area (Å²) in [4.78, 5) is 10.7. The van der Waals surface area contributed by atoms with Crippen molar-refractivity contribution in [3.8, 4) is 0 Å². The van der Waals surface area contributed by atoms with Gasteiger partial charge in [-0.1, -0.05) is 19.9 Å². The molecular formula is C7H14O2Si. The Bertz CT molecular complexity index is 132. The predicted octanol–water partition coefficient (Wildman–Crippen LogP) is 0.556. The van der Waals surface area contributed by atoms with Crippen LogP contribution in [0.2, 0.25) is 0 Å². The fourth-order valence-electron chi connectivity index (χ4n) is 0.637. The van der Waals surface area contributed by atoms with Crippen LogP contribution in [-0.4, -0.2) is 16.5 Å². The van der Waals surface area contributed by atoms with Crippen LogP contribution in [0.1, 0.15) is 26.2 Å². The largest absolute Gasteiger partial charge is 0.526 e. The van der Waals surface area contributed by atoms with Crippen molar-refractivity contribution in [1.82, 2.24) is 0 Å². The molecule has 0 rings (SSSR count). The van der Waals surface area contributed by atoms with E-state index < -0.39 is 0 Å². The standard InChI is InChI=1S/C7H14O2Si/c1-3-4-5-6(2)7(8)9-10/h2-5H2,1,10H3. The Labute approximate surface area is 64.8 Å². The molecule has 0 spiro atoms. The molecule has 0 aromatic heterocycles. The molecule has 0 heterocycles. The van der Waals surface area contributed by atoms with Gasteiger partial charge in [0.15, 0.2) is 0 Å². The molecular weight excluding hydrogens is 144 g/mol. The van der Waals surface area contributed by atoms with Gasteiger partial charge in [-0.05, 0) is 12.8 Å². The van der Waals surface area contributed by atoms with Gasteiger partial charge in [-0.25, -0.2) is 4.79 Å². The molecule has 0 N–H and O–H groups in total. The molecule has 2 nitrogen and oxygen atoms in total. The SMILES string of the molecule is C=C(CCCC)C(=O)O[SiH3]. The first-order valence-electron chi connectivity index (χ1n) is 3.48. The normalized spacial score (nSPS) is 9.30. The molecule has 58 valence electrons. The molecule has 0 radical (unpaired) electrons. The van der Waals surface area contributed by atoms with Gasteiger partial charge in [0.1, 0.15) is 0 Å². The third-order valence-electron chi connectivity index (χ3n) is 1.31. The first-order valence-corrected chi connectivity index (χ1v) is 4.30. The molecule has 0 aliphatic carbocycles. The minimum Gasteiger partial charge on any atom is -0.526 e. The van der Waals surface area contributed by atoms with E-state index in [1.54, 1.807) is 0 Å². The Morgan fingerprint density at radius 2 is 2.30 bits per heavy atom. The van der Waals surface area contributed by atoms with E-state index in [0.29, 0.717) is 16.1 Å². The zero-order valence-electron chi connectivity index (χ0n) is 6.64. The van der Waals surface area contributed by atoms with E-state index in [9.17, 15) is 4.79 Å². The van der Waals surface area contributed by atoms with Crippen molar-refractivity contribution in [1.29, 1.82) is 0 Å². The van der Waals surface area contributed by atoms with Gasteiger partial charge < -0.3 is 4.43 Å². The zero-order valence-corrected chi connectivity index (χ0v) is 8.64. The van der Waals surface area contributed by atoms with Crippen molar-refractivity contribution >= 4 is 16.5 Å². The zero-order chi connectivity index (χ0) is 7.98. The van der Waals surface area contributed by atoms with E-state index in [-0.39, 0.29) is 5.97 Å². The van der Waals surface area contributed by atoms with E-state index >= 15 is 0 Å². The van der Waals surface area contributed by atoms with Gasteiger partial charge in [-0.2, -0.15) is 0 Å². The first kappa shape index (κ1) is 9.43. The fraction of sp³-hybridized carbons (Fsp3) is 0.571. The lowest BCUT2D eigenvalue weighted by molar-refractivity contribution is -0.129. The second-order valence-electron chi connectivity index (χ2n) is 2.20. The predicted molar refractivity (Wildman–Crippen MR) is 44.7 cm³/mol. The second kappa shape index (κ2) is 5.23. The van der Waals surface area contributed by atoms with Gasteiger partial charge in [0.25, 0.3) is 0 Å². The minimum absolute atomic E-state index is 0.222. The average Bonchev–Trinajstić information content (AvgIpc) is 1.98. The Hall–Kier alpha value is -0.573. The smallest absolute Gasteiger partial charge is 0.319 e. The maximum Gasteiger partial charge on any atom is 0.319 e. The molecule has 0 amide bonds. The molecule has 0 aromatic carbocycles. The van der Waals surface area contributed by atoms with Gasteiger partial charge in [0.2, 0.25) is 10.5 Å². The summed E-state index contributed by atoms with van der Waals surface area (Å²) in [5.74, 6) is -0.222. The van der Waals surface area contributed by atoms with Crippen molar-refractivity contribution in [2.24, 2.45) is 0 Å². The van der Waals surface area contributed by atoms with Crippen molar-refractivity contribution in [3.05, 3.63) is 12.2 Å². The van der Waals surface area contributed by atoms with Crippen LogP contribution in [0.3, 0.4) is 0 Å². The molecule has 0 saturated heterocycles. The molecule has 0 bridgehead atoms. The Morgan fingerprint density at radius 3 is 2.70 bits per heavy atom. The number of hydrogen-bond acceptors (Lipinski definition) is 2. The van der Waals surface area contributed by atoms with Gasteiger partial charge >= 0.3 is 5.97 Å². The minimum atomic E-state index is -0.222. The highest BCUT2D eigenvalue weighted by Gasteiger charge is 2.03. The molecule has 0 aliphatic rings. The topological polar surface area (TPSA) is 26.3 Å². The van der Waals surface area contributed by atoms with E-state index in [0.717, 1.165) is 19.3 Å². The molecule has 0 aliphatic heterocycles. The molecule has 3 heteroatoms. The summed E-state index contributed by atoms with van der Waals surface area (Å²) in [5.41, 5.74) is 0.608. The molecule has 0 unspecified atom stereocenters. The van der Waals surface area contributed by atoms with E-state index in [2.05, 4.69) is 17.9 Å². The molecule has 0 fully saturated rings. The maximum atomic E-state index is 10.7. The van der Waals surface area contributed by atoms with Crippen LogP contribution in [0.4, 0.5) is 0 Å². The summed E-state index contributed by atoms with van der Waals surface area (Å²) >= 11 is 0. The lowest BCUT2D eigenvalue weighted by Gasteiger charge is -2.01. The molecule has 0 aromatic rings. The summed E-state index contributed by atoms with van der Waals surface area (Å²) in [6.07, 6.45) is 2.89. The van der Waals surface area contributed by atoms with Crippen LogP contribution in [0.25, 0.3) is 0 Å². The molecule has 0 saturated carbocycles.